The van der Waals surface area contributed by atoms with Crippen LogP contribution < -0.4 is 4.74 Å². The highest BCUT2D eigenvalue weighted by Gasteiger charge is 2.45. The minimum atomic E-state index is -0.892. The minimum Gasteiger partial charge on any atom is -0.497 e. The van der Waals surface area contributed by atoms with E-state index in [1.807, 2.05) is 24.3 Å². The summed E-state index contributed by atoms with van der Waals surface area (Å²) in [6.45, 7) is 0. The summed E-state index contributed by atoms with van der Waals surface area (Å²) < 4.78 is 22.0. The molecule has 2 rings (SSSR count). The summed E-state index contributed by atoms with van der Waals surface area (Å²) in [6, 6.07) is 7.82. The fourth-order valence-electron chi connectivity index (χ4n) is 2.36. The number of ether oxygens (including phenoxy) is 2. The first kappa shape index (κ1) is 16.0. The molecule has 0 aromatic heterocycles. The van der Waals surface area contributed by atoms with Gasteiger partial charge in [-0.05, 0) is 42.4 Å². The fourth-order valence-corrected chi connectivity index (χ4v) is 4.05. The van der Waals surface area contributed by atoms with Crippen LogP contribution in [0.25, 0.3) is 0 Å². The highest BCUT2D eigenvalue weighted by molar-refractivity contribution is 7.85. The molecule has 0 aliphatic heterocycles. The first-order valence-corrected chi connectivity index (χ1v) is 8.60. The van der Waals surface area contributed by atoms with Crippen molar-refractivity contribution in [1.29, 1.82) is 0 Å². The van der Waals surface area contributed by atoms with E-state index in [9.17, 15) is 9.00 Å². The Morgan fingerprint density at radius 1 is 1.24 bits per heavy atom. The first-order chi connectivity index (χ1) is 10.1. The van der Waals surface area contributed by atoms with Gasteiger partial charge in [0.1, 0.15) is 5.75 Å². The van der Waals surface area contributed by atoms with Crippen molar-refractivity contribution >= 4 is 16.8 Å². The van der Waals surface area contributed by atoms with Crippen molar-refractivity contribution in [3.8, 4) is 5.75 Å². The molecule has 0 radical (unpaired) electrons. The summed E-state index contributed by atoms with van der Waals surface area (Å²) >= 11 is 0. The third kappa shape index (κ3) is 4.84. The van der Waals surface area contributed by atoms with Crippen molar-refractivity contribution in [1.82, 2.24) is 0 Å². The molecule has 5 heteroatoms. The summed E-state index contributed by atoms with van der Waals surface area (Å²) in [6.07, 6.45) is 3.15. The molecule has 1 unspecified atom stereocenters. The van der Waals surface area contributed by atoms with E-state index in [4.69, 9.17) is 9.47 Å². The number of carbonyl (C=O) groups excluding carboxylic acids is 1. The highest BCUT2D eigenvalue weighted by atomic mass is 32.2. The van der Waals surface area contributed by atoms with E-state index in [2.05, 4.69) is 0 Å². The van der Waals surface area contributed by atoms with Gasteiger partial charge in [-0.3, -0.25) is 9.00 Å². The molecule has 1 aromatic rings. The molecule has 1 fully saturated rings. The van der Waals surface area contributed by atoms with Gasteiger partial charge in [0.25, 0.3) is 0 Å². The van der Waals surface area contributed by atoms with Crippen molar-refractivity contribution in [2.75, 3.05) is 25.7 Å². The third-order valence-electron chi connectivity index (χ3n) is 3.95. The Kier molecular flexibility index (Phi) is 5.39. The van der Waals surface area contributed by atoms with Crippen LogP contribution in [0.2, 0.25) is 0 Å². The molecule has 0 spiro atoms. The zero-order chi connectivity index (χ0) is 15.3. The van der Waals surface area contributed by atoms with Crippen LogP contribution in [0.3, 0.4) is 0 Å². The standard InChI is InChI=1S/C16H22O4S/c1-19-14-5-3-13(4-6-14)7-10-21(18)12-16(8-9-16)11-15(17)20-2/h3-6H,7-12H2,1-2H3. The van der Waals surface area contributed by atoms with Gasteiger partial charge in [-0.15, -0.1) is 0 Å². The van der Waals surface area contributed by atoms with Crippen LogP contribution in [0.5, 0.6) is 5.75 Å². The lowest BCUT2D eigenvalue weighted by molar-refractivity contribution is -0.141. The zero-order valence-electron chi connectivity index (χ0n) is 12.6. The lowest BCUT2D eigenvalue weighted by atomic mass is 10.1. The molecule has 0 heterocycles. The maximum absolute atomic E-state index is 12.2. The molecular weight excluding hydrogens is 288 g/mol. The predicted octanol–water partition coefficient (Wildman–Crippen LogP) is 2.33. The van der Waals surface area contributed by atoms with Gasteiger partial charge in [-0.2, -0.15) is 0 Å². The van der Waals surface area contributed by atoms with Crippen molar-refractivity contribution < 1.29 is 18.5 Å². The number of hydrogen-bond acceptors (Lipinski definition) is 4. The number of methoxy groups -OCH3 is 2. The summed E-state index contributed by atoms with van der Waals surface area (Å²) in [5, 5.41) is 0. The van der Waals surface area contributed by atoms with Crippen LogP contribution in [0.1, 0.15) is 24.8 Å². The normalized spacial score (nSPS) is 17.0. The molecule has 0 N–H and O–H groups in total. The van der Waals surface area contributed by atoms with E-state index in [0.717, 1.165) is 30.6 Å². The average Bonchev–Trinajstić information content (AvgIpc) is 3.24. The van der Waals surface area contributed by atoms with Gasteiger partial charge >= 0.3 is 5.97 Å². The molecule has 0 amide bonds. The molecule has 1 atom stereocenters. The molecule has 1 aromatic carbocycles. The SMILES string of the molecule is COC(=O)CC1(CS(=O)CCc2ccc(OC)cc2)CC1. The number of esters is 1. The van der Waals surface area contributed by atoms with Crippen molar-refractivity contribution in [3.05, 3.63) is 29.8 Å². The van der Waals surface area contributed by atoms with E-state index in [-0.39, 0.29) is 11.4 Å². The molecule has 0 saturated heterocycles. The van der Waals surface area contributed by atoms with E-state index < -0.39 is 10.8 Å². The largest absolute Gasteiger partial charge is 0.497 e. The zero-order valence-corrected chi connectivity index (χ0v) is 13.4. The number of carbonyl (C=O) groups is 1. The van der Waals surface area contributed by atoms with Crippen LogP contribution in [0.4, 0.5) is 0 Å². The van der Waals surface area contributed by atoms with Gasteiger partial charge < -0.3 is 9.47 Å². The summed E-state index contributed by atoms with van der Waals surface area (Å²) in [4.78, 5) is 11.4. The first-order valence-electron chi connectivity index (χ1n) is 7.12. The topological polar surface area (TPSA) is 52.6 Å². The Morgan fingerprint density at radius 2 is 1.90 bits per heavy atom. The predicted molar refractivity (Wildman–Crippen MR) is 82.9 cm³/mol. The van der Waals surface area contributed by atoms with Crippen LogP contribution in [-0.2, 0) is 26.8 Å². The Morgan fingerprint density at radius 3 is 2.43 bits per heavy atom. The van der Waals surface area contributed by atoms with Gasteiger partial charge in [0.2, 0.25) is 0 Å². The number of hydrogen-bond donors (Lipinski definition) is 0. The average molecular weight is 310 g/mol. The number of aryl methyl sites for hydroxylation is 1. The smallest absolute Gasteiger partial charge is 0.306 e. The van der Waals surface area contributed by atoms with Gasteiger partial charge in [-0.1, -0.05) is 12.1 Å². The van der Waals surface area contributed by atoms with Crippen LogP contribution in [-0.4, -0.2) is 35.9 Å². The molecule has 21 heavy (non-hydrogen) atoms. The van der Waals surface area contributed by atoms with E-state index in [0.29, 0.717) is 17.9 Å². The molecule has 1 saturated carbocycles. The summed E-state index contributed by atoms with van der Waals surface area (Å²) in [7, 11) is 2.15. The monoisotopic (exact) mass is 310 g/mol. The van der Waals surface area contributed by atoms with Crippen molar-refractivity contribution in [2.24, 2.45) is 5.41 Å². The van der Waals surface area contributed by atoms with E-state index >= 15 is 0 Å². The van der Waals surface area contributed by atoms with Gasteiger partial charge in [-0.25, -0.2) is 0 Å². The lowest BCUT2D eigenvalue weighted by Crippen LogP contribution is -2.19. The van der Waals surface area contributed by atoms with E-state index in [1.165, 1.54) is 7.11 Å². The van der Waals surface area contributed by atoms with Gasteiger partial charge in [0.05, 0.1) is 20.6 Å². The molecular formula is C16H22O4S. The number of rotatable bonds is 8. The fraction of sp³-hybridized carbons (Fsp3) is 0.562. The maximum Gasteiger partial charge on any atom is 0.306 e. The summed E-state index contributed by atoms with van der Waals surface area (Å²) in [5.74, 6) is 1.88. The Labute approximate surface area is 128 Å². The van der Waals surface area contributed by atoms with Crippen LogP contribution in [0, 0.1) is 5.41 Å². The van der Waals surface area contributed by atoms with E-state index in [1.54, 1.807) is 7.11 Å². The minimum absolute atomic E-state index is 0.0577. The Hall–Kier alpha value is -1.36. The maximum atomic E-state index is 12.2. The second kappa shape index (κ2) is 7.07. The highest BCUT2D eigenvalue weighted by Crippen LogP contribution is 2.49. The van der Waals surface area contributed by atoms with Crippen LogP contribution in [0.15, 0.2) is 24.3 Å². The molecule has 4 nitrogen and oxygen atoms in total. The quantitative estimate of drug-likeness (QED) is 0.692. The summed E-state index contributed by atoms with van der Waals surface area (Å²) in [5.41, 5.74) is 1.10. The molecule has 116 valence electrons. The Bertz CT molecular complexity index is 506. The van der Waals surface area contributed by atoms with Crippen LogP contribution >= 0.6 is 0 Å². The van der Waals surface area contributed by atoms with Crippen molar-refractivity contribution in [3.63, 3.8) is 0 Å². The van der Waals surface area contributed by atoms with Crippen molar-refractivity contribution in [2.45, 2.75) is 25.7 Å². The molecule has 1 aliphatic rings. The Balaban J connectivity index is 1.78. The molecule has 0 bridgehead atoms. The molecule has 1 aliphatic carbocycles. The number of benzene rings is 1. The third-order valence-corrected chi connectivity index (χ3v) is 5.54. The second-order valence-corrected chi connectivity index (χ2v) is 7.22. The lowest BCUT2D eigenvalue weighted by Gasteiger charge is -2.13. The van der Waals surface area contributed by atoms with Gasteiger partial charge in [0.15, 0.2) is 0 Å². The second-order valence-electron chi connectivity index (χ2n) is 5.64. The van der Waals surface area contributed by atoms with Gasteiger partial charge in [0, 0.05) is 22.3 Å².